The van der Waals surface area contributed by atoms with Crippen molar-refractivity contribution >= 4 is 16.9 Å². The highest BCUT2D eigenvalue weighted by Crippen LogP contribution is 2.38. The van der Waals surface area contributed by atoms with Crippen molar-refractivity contribution in [1.29, 1.82) is 0 Å². The summed E-state index contributed by atoms with van der Waals surface area (Å²) >= 11 is 0. The quantitative estimate of drug-likeness (QED) is 0.105. The molecule has 3 aliphatic rings. The van der Waals surface area contributed by atoms with E-state index >= 15 is 0 Å². The van der Waals surface area contributed by atoms with Crippen molar-refractivity contribution in [3.8, 4) is 34.3 Å². The molecular weight excluding hydrogens is 740 g/mol. The highest BCUT2D eigenvalue weighted by Gasteiger charge is 2.52. The van der Waals surface area contributed by atoms with Gasteiger partial charge in [-0.25, -0.2) is 0 Å². The number of aliphatic hydroxyl groups is 7. The molecule has 3 aromatic rings. The Morgan fingerprint density at radius 1 is 0.709 bits per heavy atom. The number of esters is 1. The summed E-state index contributed by atoms with van der Waals surface area (Å²) < 4.78 is 45.5. The molecule has 15 unspecified atom stereocenters. The zero-order valence-corrected chi connectivity index (χ0v) is 29.4. The maximum Gasteiger partial charge on any atom is 0.303 e. The smallest absolute Gasteiger partial charge is 0.303 e. The molecule has 3 saturated heterocycles. The van der Waals surface area contributed by atoms with Crippen LogP contribution in [0, 0.1) is 0 Å². The third-order valence-corrected chi connectivity index (χ3v) is 9.53. The molecule has 3 aliphatic heterocycles. The highest BCUT2D eigenvalue weighted by molar-refractivity contribution is 5.88. The molecule has 3 fully saturated rings. The first-order valence-corrected chi connectivity index (χ1v) is 17.1. The van der Waals surface area contributed by atoms with Crippen molar-refractivity contribution in [3.63, 3.8) is 0 Å². The number of carbonyl (C=O) groups excluding carboxylic acids is 1. The Morgan fingerprint density at radius 2 is 1.35 bits per heavy atom. The molecule has 55 heavy (non-hydrogen) atoms. The molecule has 20 heteroatoms. The summed E-state index contributed by atoms with van der Waals surface area (Å²) in [5.41, 5.74) is -1.08. The molecule has 0 spiro atoms. The average Bonchev–Trinajstić information content (AvgIpc) is 3.13. The SMILES string of the molecule is CC(=O)OC1C(O)C(OCC2OC(Oc3c(-c4ccc(O)cc4)oc4cc(O)cc(O)c4c3=O)C(O)C(O)C2O)OC(C)C1OC1OC(C)C(O)C(O)C1O. The molecule has 2 aromatic carbocycles. The van der Waals surface area contributed by atoms with Crippen LogP contribution in [0.15, 0.2) is 45.6 Å². The summed E-state index contributed by atoms with van der Waals surface area (Å²) in [5, 5.41) is 104. The van der Waals surface area contributed by atoms with Gasteiger partial charge in [0.2, 0.25) is 17.5 Å². The lowest BCUT2D eigenvalue weighted by molar-refractivity contribution is -0.357. The van der Waals surface area contributed by atoms with Crippen LogP contribution in [-0.4, -0.2) is 156 Å². The Balaban J connectivity index is 1.22. The normalized spacial score (nSPS) is 36.7. The van der Waals surface area contributed by atoms with E-state index in [2.05, 4.69) is 0 Å². The van der Waals surface area contributed by atoms with E-state index in [1.165, 1.54) is 38.1 Å². The van der Waals surface area contributed by atoms with Crippen molar-refractivity contribution < 1.29 is 93.4 Å². The lowest BCUT2D eigenvalue weighted by Crippen LogP contribution is -2.64. The molecule has 0 amide bonds. The number of fused-ring (bicyclic) bond motifs is 1. The number of carbonyl (C=O) groups is 1. The standard InChI is InChI=1S/C35H42O20/c1-11-21(40)24(43)26(45)34(49-11)54-29-12(2)50-33(28(47)32(29)51-13(3)36)48-10-19-22(41)25(44)27(46)35(53-19)55-31-23(42)20-17(39)8-16(38)9-18(20)52-30(31)14-4-6-15(37)7-5-14/h4-9,11-12,19,21-22,24-29,32-35,37-41,43-47H,10H2,1-3H3. The fourth-order valence-corrected chi connectivity index (χ4v) is 6.56. The first-order valence-electron chi connectivity index (χ1n) is 17.1. The van der Waals surface area contributed by atoms with Crippen LogP contribution in [0.25, 0.3) is 22.3 Å². The highest BCUT2D eigenvalue weighted by atomic mass is 16.8. The number of aromatic hydroxyl groups is 3. The molecule has 0 aliphatic carbocycles. The molecule has 0 radical (unpaired) electrons. The zero-order chi connectivity index (χ0) is 40.0. The zero-order valence-electron chi connectivity index (χ0n) is 29.4. The monoisotopic (exact) mass is 782 g/mol. The van der Waals surface area contributed by atoms with Crippen LogP contribution in [0.2, 0.25) is 0 Å². The second-order valence-corrected chi connectivity index (χ2v) is 13.5. The Labute approximate surface area is 310 Å². The number of aliphatic hydroxyl groups excluding tert-OH is 7. The molecule has 302 valence electrons. The van der Waals surface area contributed by atoms with Gasteiger partial charge in [-0.2, -0.15) is 0 Å². The van der Waals surface area contributed by atoms with E-state index in [0.29, 0.717) is 0 Å². The lowest BCUT2D eigenvalue weighted by atomic mass is 9.97. The average molecular weight is 783 g/mol. The number of hydrogen-bond acceptors (Lipinski definition) is 20. The third-order valence-electron chi connectivity index (χ3n) is 9.53. The minimum absolute atomic E-state index is 0.133. The van der Waals surface area contributed by atoms with Crippen molar-refractivity contribution in [2.24, 2.45) is 0 Å². The predicted octanol–water partition coefficient (Wildman–Crippen LogP) is -1.97. The van der Waals surface area contributed by atoms with Gasteiger partial charge in [-0.05, 0) is 38.1 Å². The largest absolute Gasteiger partial charge is 0.508 e. The van der Waals surface area contributed by atoms with Crippen molar-refractivity contribution in [1.82, 2.24) is 0 Å². The van der Waals surface area contributed by atoms with Crippen LogP contribution in [0.5, 0.6) is 23.0 Å². The van der Waals surface area contributed by atoms with Gasteiger partial charge < -0.3 is 88.6 Å². The summed E-state index contributed by atoms with van der Waals surface area (Å²) in [7, 11) is 0. The summed E-state index contributed by atoms with van der Waals surface area (Å²) in [5.74, 6) is -3.01. The van der Waals surface area contributed by atoms with Crippen LogP contribution in [0.4, 0.5) is 0 Å². The van der Waals surface area contributed by atoms with Gasteiger partial charge in [0.1, 0.15) is 83.2 Å². The van der Waals surface area contributed by atoms with E-state index in [4.69, 9.17) is 37.6 Å². The first-order chi connectivity index (χ1) is 26.0. The molecule has 20 nitrogen and oxygen atoms in total. The molecule has 6 rings (SSSR count). The van der Waals surface area contributed by atoms with Crippen LogP contribution >= 0.6 is 0 Å². The minimum atomic E-state index is -2.00. The van der Waals surface area contributed by atoms with Gasteiger partial charge in [0, 0.05) is 24.6 Å². The number of phenols is 3. The lowest BCUT2D eigenvalue weighted by Gasteiger charge is -2.46. The maximum atomic E-state index is 13.8. The van der Waals surface area contributed by atoms with Gasteiger partial charge in [0.25, 0.3) is 0 Å². The van der Waals surface area contributed by atoms with E-state index in [1.54, 1.807) is 0 Å². The van der Waals surface area contributed by atoms with Crippen molar-refractivity contribution in [2.75, 3.05) is 6.61 Å². The third kappa shape index (κ3) is 8.08. The van der Waals surface area contributed by atoms with E-state index < -0.39 is 133 Å². The second-order valence-electron chi connectivity index (χ2n) is 13.5. The summed E-state index contributed by atoms with van der Waals surface area (Å²) in [6.07, 6.45) is -23.9. The Kier molecular flexibility index (Phi) is 11.9. The fourth-order valence-electron chi connectivity index (χ4n) is 6.56. The number of hydrogen-bond donors (Lipinski definition) is 10. The number of ether oxygens (including phenoxy) is 7. The van der Waals surface area contributed by atoms with Gasteiger partial charge >= 0.3 is 5.97 Å². The molecule has 0 saturated carbocycles. The van der Waals surface area contributed by atoms with Crippen molar-refractivity contribution in [2.45, 2.75) is 113 Å². The van der Waals surface area contributed by atoms with Gasteiger partial charge in [-0.3, -0.25) is 9.59 Å². The van der Waals surface area contributed by atoms with E-state index in [0.717, 1.165) is 19.1 Å². The number of phenolic OH excluding ortho intramolecular Hbond substituents is 3. The molecule has 4 heterocycles. The van der Waals surface area contributed by atoms with Crippen LogP contribution in [0.1, 0.15) is 20.8 Å². The Bertz CT molecular complexity index is 1880. The molecule has 0 bridgehead atoms. The summed E-state index contributed by atoms with van der Waals surface area (Å²) in [6.45, 7) is 3.25. The van der Waals surface area contributed by atoms with Gasteiger partial charge in [0.15, 0.2) is 24.4 Å². The molecular formula is C35H42O20. The maximum absolute atomic E-state index is 13.8. The minimum Gasteiger partial charge on any atom is -0.508 e. The van der Waals surface area contributed by atoms with E-state index in [1.807, 2.05) is 0 Å². The number of benzene rings is 2. The van der Waals surface area contributed by atoms with Crippen LogP contribution < -0.4 is 10.2 Å². The Hall–Kier alpha value is -4.16. The molecule has 10 N–H and O–H groups in total. The molecule has 1 aromatic heterocycles. The van der Waals surface area contributed by atoms with E-state index in [9.17, 15) is 60.7 Å². The predicted molar refractivity (Wildman–Crippen MR) is 179 cm³/mol. The van der Waals surface area contributed by atoms with Gasteiger partial charge in [-0.15, -0.1) is 0 Å². The first kappa shape index (κ1) is 40.5. The van der Waals surface area contributed by atoms with Crippen LogP contribution in [-0.2, 0) is 33.2 Å². The Morgan fingerprint density at radius 3 is 2.02 bits per heavy atom. The van der Waals surface area contributed by atoms with Crippen LogP contribution in [0.3, 0.4) is 0 Å². The number of rotatable bonds is 9. The molecule has 15 atom stereocenters. The van der Waals surface area contributed by atoms with Crippen molar-refractivity contribution in [3.05, 3.63) is 46.6 Å². The van der Waals surface area contributed by atoms with E-state index in [-0.39, 0.29) is 22.7 Å². The van der Waals surface area contributed by atoms with Gasteiger partial charge in [-0.1, -0.05) is 0 Å². The summed E-state index contributed by atoms with van der Waals surface area (Å²) in [6, 6.07) is 7.21. The van der Waals surface area contributed by atoms with Gasteiger partial charge in [0.05, 0.1) is 18.8 Å². The second kappa shape index (κ2) is 16.1. The summed E-state index contributed by atoms with van der Waals surface area (Å²) in [4.78, 5) is 25.8. The fraction of sp³-hybridized carbons (Fsp3) is 0.543. The topological polar surface area (TPSA) is 314 Å².